The van der Waals surface area contributed by atoms with Crippen LogP contribution in [0.15, 0.2) is 6.07 Å². The Morgan fingerprint density at radius 3 is 2.35 bits per heavy atom. The number of carboxylic acids is 1. The summed E-state index contributed by atoms with van der Waals surface area (Å²) in [5.41, 5.74) is -0.0131. The van der Waals surface area contributed by atoms with Gasteiger partial charge in [-0.25, -0.2) is 9.59 Å². The molecule has 0 radical (unpaired) electrons. The third kappa shape index (κ3) is 3.20. The molecular weight excluding hydrogens is 240 g/mol. The van der Waals surface area contributed by atoms with E-state index in [4.69, 9.17) is 5.11 Å². The van der Waals surface area contributed by atoms with Gasteiger partial charge in [-0.1, -0.05) is 20.8 Å². The number of urea groups is 1. The van der Waals surface area contributed by atoms with E-state index in [1.165, 1.54) is 18.4 Å². The van der Waals surface area contributed by atoms with Crippen molar-refractivity contribution >= 4 is 28.3 Å². The van der Waals surface area contributed by atoms with Crippen LogP contribution in [-0.4, -0.2) is 24.2 Å². The second kappa shape index (κ2) is 4.75. The number of hydrogen-bond donors (Lipinski definition) is 3. The Labute approximate surface area is 104 Å². The van der Waals surface area contributed by atoms with Crippen LogP contribution in [0.3, 0.4) is 0 Å². The summed E-state index contributed by atoms with van der Waals surface area (Å²) < 4.78 is 0. The van der Waals surface area contributed by atoms with Crippen molar-refractivity contribution in [1.29, 1.82) is 0 Å². The molecule has 0 aliphatic rings. The fraction of sp³-hybridized carbons (Fsp3) is 0.455. The third-order valence-corrected chi connectivity index (χ3v) is 3.63. The summed E-state index contributed by atoms with van der Waals surface area (Å²) in [6.07, 6.45) is 0. The topological polar surface area (TPSA) is 78.4 Å². The van der Waals surface area contributed by atoms with Gasteiger partial charge in [-0.3, -0.25) is 5.32 Å². The van der Waals surface area contributed by atoms with Gasteiger partial charge in [-0.15, -0.1) is 11.3 Å². The Balaban J connectivity index is 3.14. The molecule has 1 aromatic rings. The van der Waals surface area contributed by atoms with Crippen LogP contribution in [0.5, 0.6) is 0 Å². The molecule has 1 heterocycles. The van der Waals surface area contributed by atoms with Crippen LogP contribution >= 0.6 is 11.3 Å². The van der Waals surface area contributed by atoms with Gasteiger partial charge in [0.2, 0.25) is 0 Å². The molecule has 0 fully saturated rings. The average molecular weight is 256 g/mol. The maximum atomic E-state index is 11.2. The quantitative estimate of drug-likeness (QED) is 0.760. The lowest BCUT2D eigenvalue weighted by atomic mass is 9.94. The molecule has 1 rings (SSSR count). The maximum absolute atomic E-state index is 11.2. The predicted molar refractivity (Wildman–Crippen MR) is 68.1 cm³/mol. The highest BCUT2D eigenvalue weighted by Gasteiger charge is 2.23. The number of amides is 2. The monoisotopic (exact) mass is 256 g/mol. The van der Waals surface area contributed by atoms with Gasteiger partial charge < -0.3 is 10.4 Å². The van der Waals surface area contributed by atoms with Crippen molar-refractivity contribution < 1.29 is 14.7 Å². The fourth-order valence-electron chi connectivity index (χ4n) is 1.18. The number of anilines is 1. The molecule has 3 N–H and O–H groups in total. The van der Waals surface area contributed by atoms with Gasteiger partial charge >= 0.3 is 12.0 Å². The fourth-order valence-corrected chi connectivity index (χ4v) is 2.28. The Morgan fingerprint density at radius 2 is 1.94 bits per heavy atom. The number of carboxylic acid groups (broad SMARTS) is 1. The van der Waals surface area contributed by atoms with Crippen LogP contribution < -0.4 is 10.6 Å². The number of carbonyl (C=O) groups is 2. The number of aromatic carboxylic acids is 1. The summed E-state index contributed by atoms with van der Waals surface area (Å²) in [5.74, 6) is -1.04. The molecule has 0 saturated carbocycles. The summed E-state index contributed by atoms with van der Waals surface area (Å²) >= 11 is 1.29. The van der Waals surface area contributed by atoms with Gasteiger partial charge in [0, 0.05) is 11.9 Å². The van der Waals surface area contributed by atoms with E-state index in [-0.39, 0.29) is 11.0 Å². The number of hydrogen-bond acceptors (Lipinski definition) is 3. The first kappa shape index (κ1) is 13.5. The molecule has 6 heteroatoms. The second-order valence-corrected chi connectivity index (χ2v) is 5.66. The highest BCUT2D eigenvalue weighted by molar-refractivity contribution is 7.16. The molecule has 94 valence electrons. The van der Waals surface area contributed by atoms with E-state index >= 15 is 0 Å². The highest BCUT2D eigenvalue weighted by Crippen LogP contribution is 2.35. The zero-order chi connectivity index (χ0) is 13.2. The SMILES string of the molecule is CNC(=O)Nc1sc(C(C)(C)C)cc1C(=O)O. The van der Waals surface area contributed by atoms with Crippen LogP contribution in [0.2, 0.25) is 0 Å². The van der Waals surface area contributed by atoms with Gasteiger partial charge in [-0.05, 0) is 11.5 Å². The summed E-state index contributed by atoms with van der Waals surface area (Å²) in [5, 5.41) is 14.3. The minimum absolute atomic E-state index is 0.128. The second-order valence-electron chi connectivity index (χ2n) is 4.61. The van der Waals surface area contributed by atoms with Crippen molar-refractivity contribution in [3.05, 3.63) is 16.5 Å². The summed E-state index contributed by atoms with van der Waals surface area (Å²) in [6.45, 7) is 5.98. The summed E-state index contributed by atoms with van der Waals surface area (Å²) in [6, 6.07) is 1.19. The van der Waals surface area contributed by atoms with Gasteiger partial charge in [0.25, 0.3) is 0 Å². The van der Waals surface area contributed by atoms with E-state index in [1.807, 2.05) is 20.8 Å². The number of carbonyl (C=O) groups excluding carboxylic acids is 1. The molecule has 17 heavy (non-hydrogen) atoms. The van der Waals surface area contributed by atoms with Gasteiger partial charge in [0.1, 0.15) is 5.00 Å². The first-order valence-corrected chi connectivity index (χ1v) is 5.93. The van der Waals surface area contributed by atoms with E-state index in [0.717, 1.165) is 4.88 Å². The van der Waals surface area contributed by atoms with Crippen molar-refractivity contribution in [2.45, 2.75) is 26.2 Å². The lowest BCUT2D eigenvalue weighted by Crippen LogP contribution is -2.24. The van der Waals surface area contributed by atoms with Crippen molar-refractivity contribution in [2.24, 2.45) is 0 Å². The van der Waals surface area contributed by atoms with Crippen molar-refractivity contribution in [2.75, 3.05) is 12.4 Å². The smallest absolute Gasteiger partial charge is 0.338 e. The van der Waals surface area contributed by atoms with Gasteiger partial charge in [0.15, 0.2) is 0 Å². The van der Waals surface area contributed by atoms with Crippen LogP contribution in [0.25, 0.3) is 0 Å². The number of nitrogens with one attached hydrogen (secondary N) is 2. The first-order valence-electron chi connectivity index (χ1n) is 5.12. The van der Waals surface area contributed by atoms with Crippen LogP contribution in [0.1, 0.15) is 36.0 Å². The Morgan fingerprint density at radius 1 is 1.35 bits per heavy atom. The Kier molecular flexibility index (Phi) is 3.77. The molecule has 2 amide bonds. The summed E-state index contributed by atoms with van der Waals surface area (Å²) in [4.78, 5) is 23.2. The van der Waals surface area contributed by atoms with Crippen molar-refractivity contribution in [1.82, 2.24) is 5.32 Å². The molecular formula is C11H16N2O3S. The minimum Gasteiger partial charge on any atom is -0.478 e. The van der Waals surface area contributed by atoms with Crippen LogP contribution in [-0.2, 0) is 5.41 Å². The van der Waals surface area contributed by atoms with E-state index in [9.17, 15) is 9.59 Å². The molecule has 5 nitrogen and oxygen atoms in total. The van der Waals surface area contributed by atoms with Crippen LogP contribution in [0, 0.1) is 0 Å². The molecule has 0 aliphatic carbocycles. The normalized spacial score (nSPS) is 11.1. The Bertz CT molecular complexity index is 446. The van der Waals surface area contributed by atoms with Crippen molar-refractivity contribution in [3.8, 4) is 0 Å². The zero-order valence-electron chi connectivity index (χ0n) is 10.2. The van der Waals surface area contributed by atoms with Gasteiger partial charge in [0.05, 0.1) is 5.56 Å². The molecule has 0 aromatic carbocycles. The molecule has 0 spiro atoms. The first-order chi connectivity index (χ1) is 7.75. The molecule has 1 aromatic heterocycles. The molecule has 0 bridgehead atoms. The standard InChI is InChI=1S/C11H16N2O3S/c1-11(2,3)7-5-6(9(14)15)8(17-7)13-10(16)12-4/h5H,1-4H3,(H,14,15)(H2,12,13,16). The third-order valence-electron chi connectivity index (χ3n) is 2.16. The Hall–Kier alpha value is -1.56. The minimum atomic E-state index is -1.04. The van der Waals surface area contributed by atoms with E-state index < -0.39 is 12.0 Å². The number of thiophene rings is 1. The maximum Gasteiger partial charge on any atom is 0.338 e. The van der Waals surface area contributed by atoms with Gasteiger partial charge in [-0.2, -0.15) is 0 Å². The predicted octanol–water partition coefficient (Wildman–Crippen LogP) is 2.50. The zero-order valence-corrected chi connectivity index (χ0v) is 11.1. The van der Waals surface area contributed by atoms with E-state index in [0.29, 0.717) is 5.00 Å². The molecule has 0 saturated heterocycles. The van der Waals surface area contributed by atoms with E-state index in [1.54, 1.807) is 6.07 Å². The highest BCUT2D eigenvalue weighted by atomic mass is 32.1. The molecule has 0 aliphatic heterocycles. The van der Waals surface area contributed by atoms with Crippen molar-refractivity contribution in [3.63, 3.8) is 0 Å². The largest absolute Gasteiger partial charge is 0.478 e. The molecule has 0 unspecified atom stereocenters. The van der Waals surface area contributed by atoms with E-state index in [2.05, 4.69) is 10.6 Å². The number of rotatable bonds is 2. The lowest BCUT2D eigenvalue weighted by molar-refractivity contribution is 0.0698. The summed E-state index contributed by atoms with van der Waals surface area (Å²) in [7, 11) is 1.48. The van der Waals surface area contributed by atoms with Crippen LogP contribution in [0.4, 0.5) is 9.80 Å². The lowest BCUT2D eigenvalue weighted by Gasteiger charge is -2.15. The molecule has 0 atom stereocenters. The average Bonchev–Trinajstić information content (AvgIpc) is 2.61.